The van der Waals surface area contributed by atoms with Crippen LogP contribution < -0.4 is 5.32 Å². The average molecular weight is 288 g/mol. The molecular weight excluding hydrogens is 264 g/mol. The third-order valence-electron chi connectivity index (χ3n) is 3.97. The van der Waals surface area contributed by atoms with E-state index in [2.05, 4.69) is 10.2 Å². The molecule has 114 valence electrons. The van der Waals surface area contributed by atoms with Gasteiger partial charge in [0.15, 0.2) is 0 Å². The van der Waals surface area contributed by atoms with Crippen molar-refractivity contribution in [2.24, 2.45) is 0 Å². The lowest BCUT2D eigenvalue weighted by atomic mass is 10.0. The summed E-state index contributed by atoms with van der Waals surface area (Å²) in [5, 5.41) is 2.92. The molecule has 2 rings (SSSR count). The minimum absolute atomic E-state index is 0.0419. The van der Waals surface area contributed by atoms with Crippen LogP contribution in [0.25, 0.3) is 0 Å². The van der Waals surface area contributed by atoms with Gasteiger partial charge in [0, 0.05) is 12.1 Å². The van der Waals surface area contributed by atoms with Crippen molar-refractivity contribution in [3.05, 3.63) is 29.8 Å². The summed E-state index contributed by atoms with van der Waals surface area (Å²) < 4.78 is 0. The molecule has 1 fully saturated rings. The standard InChI is InChI=1S/C17H24N2O2/c1-14-6-4-7-15(12-14)18-17(21)9-5-11-19-10-3-2-8-16(19)13-20/h4,6-7,12-13,16H,2-3,5,8-11H2,1H3,(H,18,21). The van der Waals surface area contributed by atoms with E-state index in [1.165, 1.54) is 0 Å². The molecule has 1 saturated heterocycles. The molecule has 1 unspecified atom stereocenters. The second-order valence-corrected chi connectivity index (χ2v) is 5.76. The Hall–Kier alpha value is -1.68. The normalized spacial score (nSPS) is 19.2. The second-order valence-electron chi connectivity index (χ2n) is 5.76. The molecule has 1 N–H and O–H groups in total. The summed E-state index contributed by atoms with van der Waals surface area (Å²) in [5.74, 6) is 0.0419. The number of piperidine rings is 1. The van der Waals surface area contributed by atoms with Crippen LogP contribution in [0.3, 0.4) is 0 Å². The van der Waals surface area contributed by atoms with Gasteiger partial charge < -0.3 is 10.1 Å². The Kier molecular flexibility index (Phi) is 5.93. The number of aldehydes is 1. The number of nitrogens with zero attached hydrogens (tertiary/aromatic N) is 1. The highest BCUT2D eigenvalue weighted by Crippen LogP contribution is 2.16. The van der Waals surface area contributed by atoms with Gasteiger partial charge in [-0.15, -0.1) is 0 Å². The molecule has 4 heteroatoms. The average Bonchev–Trinajstić information content (AvgIpc) is 2.47. The SMILES string of the molecule is Cc1cccc(NC(=O)CCCN2CCCCC2C=O)c1. The maximum absolute atomic E-state index is 11.9. The number of anilines is 1. The van der Waals surface area contributed by atoms with E-state index >= 15 is 0 Å². The zero-order valence-corrected chi connectivity index (χ0v) is 12.7. The summed E-state index contributed by atoms with van der Waals surface area (Å²) in [6.07, 6.45) is 5.58. The largest absolute Gasteiger partial charge is 0.326 e. The Bertz CT molecular complexity index is 487. The fourth-order valence-electron chi connectivity index (χ4n) is 2.84. The van der Waals surface area contributed by atoms with Crippen molar-refractivity contribution in [2.75, 3.05) is 18.4 Å². The Morgan fingerprint density at radius 1 is 1.43 bits per heavy atom. The van der Waals surface area contributed by atoms with Crippen molar-refractivity contribution in [1.82, 2.24) is 4.90 Å². The summed E-state index contributed by atoms with van der Waals surface area (Å²) >= 11 is 0. The Balaban J connectivity index is 1.72. The van der Waals surface area contributed by atoms with Crippen LogP contribution in [-0.2, 0) is 9.59 Å². The fraction of sp³-hybridized carbons (Fsp3) is 0.529. The van der Waals surface area contributed by atoms with Crippen LogP contribution in [0, 0.1) is 6.92 Å². The van der Waals surface area contributed by atoms with Crippen LogP contribution in [0.5, 0.6) is 0 Å². The Morgan fingerprint density at radius 2 is 2.29 bits per heavy atom. The van der Waals surface area contributed by atoms with E-state index in [1.54, 1.807) is 0 Å². The van der Waals surface area contributed by atoms with Crippen LogP contribution in [0.4, 0.5) is 5.69 Å². The monoisotopic (exact) mass is 288 g/mol. The number of nitrogens with one attached hydrogen (secondary N) is 1. The molecule has 0 radical (unpaired) electrons. The Morgan fingerprint density at radius 3 is 3.05 bits per heavy atom. The van der Waals surface area contributed by atoms with Crippen LogP contribution in [-0.4, -0.2) is 36.2 Å². The number of carbonyl (C=O) groups excluding carboxylic acids is 2. The number of amides is 1. The molecule has 0 saturated carbocycles. The molecule has 0 spiro atoms. The van der Waals surface area contributed by atoms with Gasteiger partial charge in [-0.2, -0.15) is 0 Å². The van der Waals surface area contributed by atoms with Gasteiger partial charge in [0.25, 0.3) is 0 Å². The topological polar surface area (TPSA) is 49.4 Å². The quantitative estimate of drug-likeness (QED) is 0.819. The molecule has 4 nitrogen and oxygen atoms in total. The first-order valence-corrected chi connectivity index (χ1v) is 7.75. The van der Waals surface area contributed by atoms with E-state index in [9.17, 15) is 9.59 Å². The number of hydrogen-bond donors (Lipinski definition) is 1. The first kappa shape index (κ1) is 15.7. The second kappa shape index (κ2) is 7.93. The van der Waals surface area contributed by atoms with Crippen LogP contribution in [0.1, 0.15) is 37.7 Å². The summed E-state index contributed by atoms with van der Waals surface area (Å²) in [5.41, 5.74) is 1.98. The molecular formula is C17H24N2O2. The smallest absolute Gasteiger partial charge is 0.224 e. The summed E-state index contributed by atoms with van der Waals surface area (Å²) in [6, 6.07) is 7.86. The minimum Gasteiger partial charge on any atom is -0.326 e. The predicted octanol–water partition coefficient (Wildman–Crippen LogP) is 2.77. The number of likely N-dealkylation sites (tertiary alicyclic amines) is 1. The third kappa shape index (κ3) is 4.97. The third-order valence-corrected chi connectivity index (χ3v) is 3.97. The molecule has 1 atom stereocenters. The first-order valence-electron chi connectivity index (χ1n) is 7.75. The number of hydrogen-bond acceptors (Lipinski definition) is 3. The van der Waals surface area contributed by atoms with Crippen LogP contribution in [0.15, 0.2) is 24.3 Å². The predicted molar refractivity (Wildman–Crippen MR) is 84.3 cm³/mol. The highest BCUT2D eigenvalue weighted by molar-refractivity contribution is 5.90. The maximum Gasteiger partial charge on any atom is 0.224 e. The Labute approximate surface area is 126 Å². The number of aryl methyl sites for hydroxylation is 1. The van der Waals surface area contributed by atoms with Crippen molar-refractivity contribution in [1.29, 1.82) is 0 Å². The van der Waals surface area contributed by atoms with E-state index in [-0.39, 0.29) is 11.9 Å². The summed E-state index contributed by atoms with van der Waals surface area (Å²) in [4.78, 5) is 25.1. The van der Waals surface area contributed by atoms with Crippen molar-refractivity contribution < 1.29 is 9.59 Å². The van der Waals surface area contributed by atoms with Gasteiger partial charge in [0.1, 0.15) is 6.29 Å². The lowest BCUT2D eigenvalue weighted by Gasteiger charge is -2.32. The van der Waals surface area contributed by atoms with Gasteiger partial charge >= 0.3 is 0 Å². The molecule has 0 aliphatic carbocycles. The van der Waals surface area contributed by atoms with E-state index < -0.39 is 0 Å². The molecule has 21 heavy (non-hydrogen) atoms. The van der Waals surface area contributed by atoms with Gasteiger partial charge in [0.05, 0.1) is 6.04 Å². The maximum atomic E-state index is 11.9. The van der Waals surface area contributed by atoms with Crippen molar-refractivity contribution in [3.63, 3.8) is 0 Å². The van der Waals surface area contributed by atoms with E-state index in [1.807, 2.05) is 31.2 Å². The van der Waals surface area contributed by atoms with Crippen LogP contribution in [0.2, 0.25) is 0 Å². The van der Waals surface area contributed by atoms with Crippen LogP contribution >= 0.6 is 0 Å². The molecule has 0 aromatic heterocycles. The lowest BCUT2D eigenvalue weighted by molar-refractivity contribution is -0.116. The molecule has 1 aliphatic heterocycles. The highest BCUT2D eigenvalue weighted by atomic mass is 16.1. The van der Waals surface area contributed by atoms with Gasteiger partial charge in [-0.25, -0.2) is 0 Å². The van der Waals surface area contributed by atoms with Gasteiger partial charge in [-0.05, 0) is 57.0 Å². The van der Waals surface area contributed by atoms with E-state index in [4.69, 9.17) is 0 Å². The molecule has 1 aromatic carbocycles. The van der Waals surface area contributed by atoms with Crippen molar-refractivity contribution in [2.45, 2.75) is 45.1 Å². The van der Waals surface area contributed by atoms with Gasteiger partial charge in [0.2, 0.25) is 5.91 Å². The summed E-state index contributed by atoms with van der Waals surface area (Å²) in [6.45, 7) is 3.80. The zero-order chi connectivity index (χ0) is 15.1. The van der Waals surface area contributed by atoms with Gasteiger partial charge in [-0.3, -0.25) is 9.69 Å². The number of rotatable bonds is 6. The number of carbonyl (C=O) groups is 2. The fourth-order valence-corrected chi connectivity index (χ4v) is 2.84. The van der Waals surface area contributed by atoms with Gasteiger partial charge in [-0.1, -0.05) is 18.6 Å². The molecule has 1 aromatic rings. The molecule has 1 aliphatic rings. The van der Waals surface area contributed by atoms with E-state index in [0.29, 0.717) is 6.42 Å². The molecule has 0 bridgehead atoms. The van der Waals surface area contributed by atoms with Crippen molar-refractivity contribution in [3.8, 4) is 0 Å². The zero-order valence-electron chi connectivity index (χ0n) is 12.7. The highest BCUT2D eigenvalue weighted by Gasteiger charge is 2.21. The first-order chi connectivity index (χ1) is 10.2. The number of benzene rings is 1. The molecule has 1 heterocycles. The molecule has 1 amide bonds. The van der Waals surface area contributed by atoms with E-state index in [0.717, 1.165) is 56.3 Å². The minimum atomic E-state index is 0.0419. The van der Waals surface area contributed by atoms with Crippen molar-refractivity contribution >= 4 is 17.9 Å². The summed E-state index contributed by atoms with van der Waals surface area (Å²) in [7, 11) is 0. The lowest BCUT2D eigenvalue weighted by Crippen LogP contribution is -2.41.